The van der Waals surface area contributed by atoms with Crippen molar-refractivity contribution in [3.8, 4) is 11.3 Å². The number of oxazole rings is 1. The maximum absolute atomic E-state index is 10.5. The van der Waals surface area contributed by atoms with E-state index in [1.165, 1.54) is 28.1 Å². The molecular formula is C26H20INO2. The summed E-state index contributed by atoms with van der Waals surface area (Å²) < 4.78 is 6.41. The van der Waals surface area contributed by atoms with Gasteiger partial charge in [-0.2, -0.15) is 0 Å². The molecule has 0 aliphatic heterocycles. The molecule has 0 aliphatic carbocycles. The van der Waals surface area contributed by atoms with Crippen LogP contribution in [0.4, 0.5) is 0 Å². The number of carbonyl (C=O) groups excluding carboxylic acids is 1. The van der Waals surface area contributed by atoms with E-state index in [4.69, 9.17) is 4.42 Å². The molecule has 4 aromatic carbocycles. The molecule has 0 bridgehead atoms. The fourth-order valence-electron chi connectivity index (χ4n) is 3.54. The number of alkyl halides is 1. The van der Waals surface area contributed by atoms with E-state index < -0.39 is 0 Å². The number of carbonyl (C=O) groups is 1. The molecule has 5 aromatic rings. The average Bonchev–Trinajstić information content (AvgIpc) is 3.28. The molecule has 30 heavy (non-hydrogen) atoms. The average molecular weight is 505 g/mol. The van der Waals surface area contributed by atoms with Crippen molar-refractivity contribution in [2.24, 2.45) is 0 Å². The summed E-state index contributed by atoms with van der Waals surface area (Å²) in [4.78, 5) is 14.7. The van der Waals surface area contributed by atoms with Crippen molar-refractivity contribution < 1.29 is 9.21 Å². The quantitative estimate of drug-likeness (QED) is 0.146. The van der Waals surface area contributed by atoms with Gasteiger partial charge in [0.25, 0.3) is 0 Å². The maximum atomic E-state index is 10.5. The number of nitrogens with zero attached hydrogens (tertiary/aromatic N) is 1. The highest BCUT2D eigenvalue weighted by Crippen LogP contribution is 2.32. The molecule has 0 saturated carbocycles. The van der Waals surface area contributed by atoms with Crippen LogP contribution in [-0.2, 0) is 4.43 Å². The molecule has 0 saturated heterocycles. The standard InChI is InChI=1S/C15H12INO.C11H8O/c1-10-12-5-3-2-4-11(12)6-7-13(10)15-14(8-16)17-9-18-15;12-8-9-5-6-10-3-1-2-4-11(10)7-9/h2-7,9H,8H2,1H3;1-8H. The van der Waals surface area contributed by atoms with Gasteiger partial charge in [0.2, 0.25) is 0 Å². The molecule has 0 atom stereocenters. The minimum absolute atomic E-state index is 0.730. The number of halogens is 1. The van der Waals surface area contributed by atoms with Crippen molar-refractivity contribution in [2.45, 2.75) is 11.4 Å². The summed E-state index contributed by atoms with van der Waals surface area (Å²) in [5.41, 5.74) is 4.12. The Morgan fingerprint density at radius 2 is 1.60 bits per heavy atom. The third kappa shape index (κ3) is 4.14. The number of rotatable bonds is 3. The Hall–Kier alpha value is -2.99. The summed E-state index contributed by atoms with van der Waals surface area (Å²) in [6.45, 7) is 2.14. The van der Waals surface area contributed by atoms with E-state index >= 15 is 0 Å². The molecule has 148 valence electrons. The largest absolute Gasteiger partial charge is 0.443 e. The van der Waals surface area contributed by atoms with Gasteiger partial charge in [-0.1, -0.05) is 95.4 Å². The third-order valence-corrected chi connectivity index (χ3v) is 5.84. The van der Waals surface area contributed by atoms with Crippen LogP contribution in [-0.4, -0.2) is 11.3 Å². The van der Waals surface area contributed by atoms with Crippen molar-refractivity contribution in [2.75, 3.05) is 0 Å². The summed E-state index contributed by atoms with van der Waals surface area (Å²) in [6.07, 6.45) is 2.39. The third-order valence-electron chi connectivity index (χ3n) is 5.12. The lowest BCUT2D eigenvalue weighted by molar-refractivity contribution is 0.112. The molecular weight excluding hydrogens is 485 g/mol. The summed E-state index contributed by atoms with van der Waals surface area (Å²) in [7, 11) is 0. The number of aryl methyl sites for hydroxylation is 1. The van der Waals surface area contributed by atoms with Crippen molar-refractivity contribution in [1.29, 1.82) is 0 Å². The Bertz CT molecular complexity index is 1320. The first kappa shape index (κ1) is 20.3. The first-order valence-corrected chi connectivity index (χ1v) is 11.1. The minimum Gasteiger partial charge on any atom is -0.443 e. The van der Waals surface area contributed by atoms with Crippen molar-refractivity contribution in [3.05, 3.63) is 102 Å². The van der Waals surface area contributed by atoms with Gasteiger partial charge in [-0.3, -0.25) is 4.79 Å². The first-order valence-electron chi connectivity index (χ1n) is 9.62. The highest BCUT2D eigenvalue weighted by molar-refractivity contribution is 14.1. The van der Waals surface area contributed by atoms with E-state index in [1.807, 2.05) is 42.5 Å². The second-order valence-electron chi connectivity index (χ2n) is 6.95. The second kappa shape index (κ2) is 9.22. The van der Waals surface area contributed by atoms with E-state index in [1.54, 1.807) is 0 Å². The van der Waals surface area contributed by atoms with Gasteiger partial charge < -0.3 is 4.42 Å². The molecule has 4 heteroatoms. The Labute approximate surface area is 188 Å². The van der Waals surface area contributed by atoms with Crippen LogP contribution >= 0.6 is 22.6 Å². The van der Waals surface area contributed by atoms with Gasteiger partial charge in [-0.05, 0) is 40.1 Å². The van der Waals surface area contributed by atoms with Crippen LogP contribution in [0.1, 0.15) is 21.6 Å². The van der Waals surface area contributed by atoms with Gasteiger partial charge in [0.05, 0.1) is 5.69 Å². The fourth-order valence-corrected chi connectivity index (χ4v) is 4.08. The van der Waals surface area contributed by atoms with Crippen LogP contribution in [0.15, 0.2) is 89.7 Å². The normalized spacial score (nSPS) is 10.6. The zero-order valence-electron chi connectivity index (χ0n) is 16.5. The van der Waals surface area contributed by atoms with Crippen molar-refractivity contribution in [1.82, 2.24) is 4.98 Å². The number of benzene rings is 4. The van der Waals surface area contributed by atoms with E-state index in [9.17, 15) is 4.79 Å². The van der Waals surface area contributed by atoms with E-state index in [0.717, 1.165) is 38.7 Å². The molecule has 0 unspecified atom stereocenters. The smallest absolute Gasteiger partial charge is 0.181 e. The lowest BCUT2D eigenvalue weighted by atomic mass is 9.98. The highest BCUT2D eigenvalue weighted by atomic mass is 127. The van der Waals surface area contributed by atoms with Gasteiger partial charge in [-0.15, -0.1) is 0 Å². The van der Waals surface area contributed by atoms with Gasteiger partial charge in [0.15, 0.2) is 12.2 Å². The molecule has 0 N–H and O–H groups in total. The summed E-state index contributed by atoms with van der Waals surface area (Å²) in [5, 5.41) is 4.81. The lowest BCUT2D eigenvalue weighted by Gasteiger charge is -2.08. The Balaban J connectivity index is 0.000000158. The monoisotopic (exact) mass is 505 g/mol. The minimum atomic E-state index is 0.730. The summed E-state index contributed by atoms with van der Waals surface area (Å²) in [6, 6.07) is 26.3. The predicted octanol–water partition coefficient (Wildman–Crippen LogP) is 7.39. The SMILES string of the molecule is Cc1c(-c2ocnc2CI)ccc2ccccc12.O=Cc1ccc2ccccc2c1. The zero-order valence-corrected chi connectivity index (χ0v) is 18.7. The molecule has 0 spiro atoms. The topological polar surface area (TPSA) is 43.1 Å². The molecule has 3 nitrogen and oxygen atoms in total. The van der Waals surface area contributed by atoms with Crippen LogP contribution in [0.2, 0.25) is 0 Å². The zero-order chi connectivity index (χ0) is 20.9. The first-order chi connectivity index (χ1) is 14.7. The van der Waals surface area contributed by atoms with Gasteiger partial charge in [0, 0.05) is 15.6 Å². The lowest BCUT2D eigenvalue weighted by Crippen LogP contribution is -1.88. The molecule has 1 heterocycles. The summed E-state index contributed by atoms with van der Waals surface area (Å²) >= 11 is 2.31. The molecule has 0 fully saturated rings. The fraction of sp³-hybridized carbons (Fsp3) is 0.0769. The van der Waals surface area contributed by atoms with Crippen LogP contribution in [0.25, 0.3) is 32.9 Å². The van der Waals surface area contributed by atoms with Crippen LogP contribution < -0.4 is 0 Å². The van der Waals surface area contributed by atoms with Gasteiger partial charge in [0.1, 0.15) is 6.29 Å². The summed E-state index contributed by atoms with van der Waals surface area (Å²) in [5.74, 6) is 0.896. The number of aldehydes is 1. The number of hydrogen-bond donors (Lipinski definition) is 0. The van der Waals surface area contributed by atoms with Crippen LogP contribution in [0, 0.1) is 6.92 Å². The highest BCUT2D eigenvalue weighted by Gasteiger charge is 2.13. The number of aromatic nitrogens is 1. The molecule has 0 amide bonds. The Morgan fingerprint density at radius 3 is 2.37 bits per heavy atom. The van der Waals surface area contributed by atoms with E-state index in [0.29, 0.717) is 0 Å². The van der Waals surface area contributed by atoms with Crippen molar-refractivity contribution in [3.63, 3.8) is 0 Å². The van der Waals surface area contributed by atoms with Gasteiger partial charge >= 0.3 is 0 Å². The predicted molar refractivity (Wildman–Crippen MR) is 131 cm³/mol. The molecule has 0 radical (unpaired) electrons. The van der Waals surface area contributed by atoms with E-state index in [-0.39, 0.29) is 0 Å². The maximum Gasteiger partial charge on any atom is 0.181 e. The molecule has 0 aliphatic rings. The number of hydrogen-bond acceptors (Lipinski definition) is 3. The van der Waals surface area contributed by atoms with Crippen molar-refractivity contribution >= 4 is 50.4 Å². The Morgan fingerprint density at radius 1 is 0.900 bits per heavy atom. The van der Waals surface area contributed by atoms with Crippen LogP contribution in [0.5, 0.6) is 0 Å². The van der Waals surface area contributed by atoms with Crippen LogP contribution in [0.3, 0.4) is 0 Å². The number of fused-ring (bicyclic) bond motifs is 2. The Kier molecular flexibility index (Phi) is 6.23. The second-order valence-corrected chi connectivity index (χ2v) is 7.71. The van der Waals surface area contributed by atoms with E-state index in [2.05, 4.69) is 70.9 Å². The molecule has 5 rings (SSSR count). The van der Waals surface area contributed by atoms with Gasteiger partial charge in [-0.25, -0.2) is 4.98 Å². The molecule has 1 aromatic heterocycles.